The molecule has 230 valence electrons. The van der Waals surface area contributed by atoms with E-state index >= 15 is 0 Å². The highest BCUT2D eigenvalue weighted by Gasteiger charge is 2.21. The predicted octanol–water partition coefficient (Wildman–Crippen LogP) is 2.67. The summed E-state index contributed by atoms with van der Waals surface area (Å²) < 4.78 is 39.6. The Morgan fingerprint density at radius 3 is 2.45 bits per heavy atom. The number of para-hydroxylation sites is 1. The standard InChI is InChI=1S/C29H30N8O2.CH4O3S/c1-2-4-24-21(3-1)6-8-27(34-24)39-20-23-19-37-25(18-32-28(29(37)33-23)36-13-15-38-16-14-36)22-5-7-26(31-17-22)35-11-9-30-10-12-35;1-5(2,3)4/h1-8,17-19,30H,9-16,20H2;1H3,(H,2,3,4). The van der Waals surface area contributed by atoms with E-state index in [1.54, 1.807) is 0 Å². The lowest BCUT2D eigenvalue weighted by molar-refractivity contribution is 0.122. The molecule has 0 amide bonds. The fourth-order valence-corrected chi connectivity index (χ4v) is 5.19. The van der Waals surface area contributed by atoms with E-state index in [1.807, 2.05) is 55.0 Å². The van der Waals surface area contributed by atoms with Gasteiger partial charge in [0.2, 0.25) is 5.88 Å². The van der Waals surface area contributed by atoms with Crippen LogP contribution in [0.15, 0.2) is 67.1 Å². The Bertz CT molecular complexity index is 1830. The molecule has 2 fully saturated rings. The van der Waals surface area contributed by atoms with Gasteiger partial charge in [0, 0.05) is 68.7 Å². The Morgan fingerprint density at radius 2 is 1.70 bits per heavy atom. The van der Waals surface area contributed by atoms with E-state index in [2.05, 4.69) is 36.6 Å². The van der Waals surface area contributed by atoms with E-state index in [9.17, 15) is 8.42 Å². The van der Waals surface area contributed by atoms with Gasteiger partial charge >= 0.3 is 0 Å². The van der Waals surface area contributed by atoms with Gasteiger partial charge in [-0.2, -0.15) is 8.42 Å². The molecule has 13 nitrogen and oxygen atoms in total. The van der Waals surface area contributed by atoms with Crippen LogP contribution in [0.1, 0.15) is 5.69 Å². The zero-order valence-corrected chi connectivity index (χ0v) is 25.2. The molecular formula is C30H34N8O5S. The lowest BCUT2D eigenvalue weighted by atomic mass is 10.2. The Kier molecular flexibility index (Phi) is 8.84. The first-order valence-corrected chi connectivity index (χ1v) is 16.2. The first-order chi connectivity index (χ1) is 21.3. The first kappa shape index (κ1) is 29.7. The molecule has 14 heteroatoms. The molecular weight excluding hydrogens is 584 g/mol. The quantitative estimate of drug-likeness (QED) is 0.270. The molecule has 0 aliphatic carbocycles. The van der Waals surface area contributed by atoms with Gasteiger partial charge in [0.1, 0.15) is 12.4 Å². The number of rotatable bonds is 6. The summed E-state index contributed by atoms with van der Waals surface area (Å²) in [7, 11) is -3.67. The smallest absolute Gasteiger partial charge is 0.261 e. The maximum Gasteiger partial charge on any atom is 0.261 e. The lowest BCUT2D eigenvalue weighted by Crippen LogP contribution is -2.43. The molecule has 7 rings (SSSR count). The van der Waals surface area contributed by atoms with Crippen molar-refractivity contribution in [2.75, 3.05) is 68.5 Å². The van der Waals surface area contributed by atoms with E-state index in [4.69, 9.17) is 29.0 Å². The molecule has 44 heavy (non-hydrogen) atoms. The molecule has 2 aliphatic rings. The number of hydrogen-bond donors (Lipinski definition) is 2. The zero-order chi connectivity index (χ0) is 30.5. The number of morpholine rings is 1. The van der Waals surface area contributed by atoms with Crippen LogP contribution in [0.2, 0.25) is 0 Å². The van der Waals surface area contributed by atoms with Gasteiger partial charge in [0.25, 0.3) is 10.1 Å². The summed E-state index contributed by atoms with van der Waals surface area (Å²) in [5.74, 6) is 2.42. The Balaban J connectivity index is 0.000000637. The van der Waals surface area contributed by atoms with Gasteiger partial charge in [-0.15, -0.1) is 0 Å². The molecule has 4 aromatic heterocycles. The van der Waals surface area contributed by atoms with Crippen molar-refractivity contribution in [3.8, 4) is 17.1 Å². The number of anilines is 2. The van der Waals surface area contributed by atoms with Gasteiger partial charge in [0.15, 0.2) is 11.5 Å². The molecule has 5 aromatic rings. The molecule has 0 spiro atoms. The van der Waals surface area contributed by atoms with E-state index < -0.39 is 10.1 Å². The molecule has 2 N–H and O–H groups in total. The molecule has 0 atom stereocenters. The minimum absolute atomic E-state index is 0.301. The zero-order valence-electron chi connectivity index (χ0n) is 24.3. The Labute approximate surface area is 255 Å². The summed E-state index contributed by atoms with van der Waals surface area (Å²) in [6.45, 7) is 7.10. The van der Waals surface area contributed by atoms with Gasteiger partial charge in [-0.1, -0.05) is 18.2 Å². The number of hydrogen-bond acceptors (Lipinski definition) is 11. The van der Waals surface area contributed by atoms with Gasteiger partial charge < -0.3 is 24.6 Å². The number of pyridine rings is 2. The van der Waals surface area contributed by atoms with E-state index in [0.717, 1.165) is 84.4 Å². The minimum Gasteiger partial charge on any atom is -0.471 e. The first-order valence-electron chi connectivity index (χ1n) is 14.3. The van der Waals surface area contributed by atoms with Crippen LogP contribution in [0.4, 0.5) is 11.6 Å². The van der Waals surface area contributed by atoms with Crippen molar-refractivity contribution < 1.29 is 22.4 Å². The molecule has 0 saturated carbocycles. The SMILES string of the molecule is CS(=O)(=O)O.c1ccc2nc(OCc3cn4c(-c5ccc(N6CCNCC6)nc5)cnc(N5CCOCC5)c4n3)ccc2c1. The van der Waals surface area contributed by atoms with Crippen molar-refractivity contribution in [1.29, 1.82) is 0 Å². The molecule has 1 aromatic carbocycles. The number of nitrogens with zero attached hydrogens (tertiary/aromatic N) is 7. The van der Waals surface area contributed by atoms with Crippen LogP contribution >= 0.6 is 0 Å². The molecule has 0 unspecified atom stereocenters. The molecule has 6 heterocycles. The second-order valence-corrected chi connectivity index (χ2v) is 12.0. The lowest BCUT2D eigenvalue weighted by Gasteiger charge is -2.28. The maximum absolute atomic E-state index is 9.19. The third-order valence-electron chi connectivity index (χ3n) is 7.26. The second kappa shape index (κ2) is 13.1. The third kappa shape index (κ3) is 7.22. The number of aromatic nitrogens is 5. The average molecular weight is 619 g/mol. The van der Waals surface area contributed by atoms with Crippen LogP contribution in [-0.2, 0) is 21.5 Å². The fraction of sp³-hybridized carbons (Fsp3) is 0.333. The van der Waals surface area contributed by atoms with Crippen molar-refractivity contribution >= 4 is 38.3 Å². The van der Waals surface area contributed by atoms with Crippen molar-refractivity contribution in [2.45, 2.75) is 6.61 Å². The Hall–Kier alpha value is -4.37. The summed E-state index contributed by atoms with van der Waals surface area (Å²) in [6, 6.07) is 16.1. The summed E-state index contributed by atoms with van der Waals surface area (Å²) >= 11 is 0. The largest absolute Gasteiger partial charge is 0.471 e. The van der Waals surface area contributed by atoms with Crippen LogP contribution in [0.25, 0.3) is 27.8 Å². The molecule has 2 saturated heterocycles. The molecule has 0 radical (unpaired) electrons. The summed E-state index contributed by atoms with van der Waals surface area (Å²) in [5, 5.41) is 4.47. The average Bonchev–Trinajstić information content (AvgIpc) is 3.48. The predicted molar refractivity (Wildman–Crippen MR) is 168 cm³/mol. The summed E-state index contributed by atoms with van der Waals surface area (Å²) in [4.78, 5) is 23.8. The molecule has 0 bridgehead atoms. The topological polar surface area (TPSA) is 147 Å². The van der Waals surface area contributed by atoms with Crippen LogP contribution in [0, 0.1) is 0 Å². The van der Waals surface area contributed by atoms with Crippen LogP contribution in [-0.4, -0.2) is 96.0 Å². The van der Waals surface area contributed by atoms with Crippen molar-refractivity contribution in [3.63, 3.8) is 0 Å². The number of nitrogens with one attached hydrogen (secondary N) is 1. The van der Waals surface area contributed by atoms with Gasteiger partial charge in [-0.3, -0.25) is 8.95 Å². The van der Waals surface area contributed by atoms with Crippen LogP contribution < -0.4 is 19.9 Å². The monoisotopic (exact) mass is 618 g/mol. The van der Waals surface area contributed by atoms with E-state index in [0.29, 0.717) is 32.0 Å². The number of piperazine rings is 1. The van der Waals surface area contributed by atoms with Crippen molar-refractivity contribution in [3.05, 3.63) is 72.8 Å². The maximum atomic E-state index is 9.19. The number of benzene rings is 1. The highest BCUT2D eigenvalue weighted by molar-refractivity contribution is 7.85. The van der Waals surface area contributed by atoms with Crippen LogP contribution in [0.5, 0.6) is 5.88 Å². The van der Waals surface area contributed by atoms with Gasteiger partial charge in [0.05, 0.1) is 42.6 Å². The summed E-state index contributed by atoms with van der Waals surface area (Å²) in [5.41, 5.74) is 4.43. The highest BCUT2D eigenvalue weighted by Crippen LogP contribution is 2.28. The number of ether oxygens (including phenoxy) is 2. The summed E-state index contributed by atoms with van der Waals surface area (Å²) in [6.07, 6.45) is 6.59. The van der Waals surface area contributed by atoms with E-state index in [-0.39, 0.29) is 0 Å². The fourth-order valence-electron chi connectivity index (χ4n) is 5.19. The minimum atomic E-state index is -3.67. The third-order valence-corrected chi connectivity index (χ3v) is 7.26. The Morgan fingerprint density at radius 1 is 0.932 bits per heavy atom. The number of imidazole rings is 1. The number of fused-ring (bicyclic) bond motifs is 2. The van der Waals surface area contributed by atoms with Gasteiger partial charge in [-0.25, -0.2) is 19.9 Å². The van der Waals surface area contributed by atoms with Crippen molar-refractivity contribution in [1.82, 2.24) is 29.7 Å². The van der Waals surface area contributed by atoms with Crippen LogP contribution in [0.3, 0.4) is 0 Å². The second-order valence-electron chi connectivity index (χ2n) is 10.5. The highest BCUT2D eigenvalue weighted by atomic mass is 32.2. The molecule has 2 aliphatic heterocycles. The normalized spacial score (nSPS) is 15.7. The van der Waals surface area contributed by atoms with Gasteiger partial charge in [-0.05, 0) is 24.3 Å². The van der Waals surface area contributed by atoms with Crippen molar-refractivity contribution in [2.24, 2.45) is 0 Å². The van der Waals surface area contributed by atoms with E-state index in [1.165, 1.54) is 0 Å².